The standard InChI is InChI=1S/C22H23N3O4/c1-15(18-13-17(28-2)9-11-20(18)29-3)23-22(27)19-10-12-21(26)25(24-19)14-16-7-5-4-6-8-16/h4-13,15H,14H2,1-3H3,(H,23,27). The van der Waals surface area contributed by atoms with E-state index in [2.05, 4.69) is 10.4 Å². The van der Waals surface area contributed by atoms with E-state index in [0.717, 1.165) is 11.1 Å². The molecule has 0 spiro atoms. The molecule has 7 nitrogen and oxygen atoms in total. The van der Waals surface area contributed by atoms with E-state index >= 15 is 0 Å². The van der Waals surface area contributed by atoms with Crippen molar-refractivity contribution in [3.05, 3.63) is 87.8 Å². The first kappa shape index (κ1) is 20.1. The third-order valence-electron chi connectivity index (χ3n) is 4.53. The minimum atomic E-state index is -0.385. The van der Waals surface area contributed by atoms with Crippen LogP contribution in [0.2, 0.25) is 0 Å². The molecule has 0 radical (unpaired) electrons. The molecule has 1 heterocycles. The van der Waals surface area contributed by atoms with Crippen LogP contribution in [-0.4, -0.2) is 29.9 Å². The molecule has 0 aliphatic heterocycles. The summed E-state index contributed by atoms with van der Waals surface area (Å²) in [6.07, 6.45) is 0. The molecule has 0 aliphatic rings. The van der Waals surface area contributed by atoms with E-state index in [1.807, 2.05) is 43.3 Å². The summed E-state index contributed by atoms with van der Waals surface area (Å²) in [7, 11) is 3.15. The second-order valence-corrected chi connectivity index (χ2v) is 6.50. The van der Waals surface area contributed by atoms with Crippen LogP contribution in [0, 0.1) is 0 Å². The molecule has 0 saturated carbocycles. The first-order valence-electron chi connectivity index (χ1n) is 9.16. The maximum atomic E-state index is 12.7. The van der Waals surface area contributed by atoms with Gasteiger partial charge >= 0.3 is 0 Å². The first-order chi connectivity index (χ1) is 14.0. The number of nitrogens with zero attached hydrogens (tertiary/aromatic N) is 2. The molecule has 3 aromatic rings. The number of carbonyl (C=O) groups is 1. The van der Waals surface area contributed by atoms with Gasteiger partial charge in [-0.3, -0.25) is 9.59 Å². The normalized spacial score (nSPS) is 11.6. The van der Waals surface area contributed by atoms with Crippen molar-refractivity contribution in [2.75, 3.05) is 14.2 Å². The van der Waals surface area contributed by atoms with Crippen LogP contribution in [0.15, 0.2) is 65.5 Å². The molecule has 1 aromatic heterocycles. The quantitative estimate of drug-likeness (QED) is 0.667. The van der Waals surface area contributed by atoms with Gasteiger partial charge in [0, 0.05) is 11.6 Å². The van der Waals surface area contributed by atoms with Crippen LogP contribution in [0.3, 0.4) is 0 Å². The van der Waals surface area contributed by atoms with E-state index in [4.69, 9.17) is 9.47 Å². The van der Waals surface area contributed by atoms with Gasteiger partial charge in [0.2, 0.25) is 0 Å². The highest BCUT2D eigenvalue weighted by Gasteiger charge is 2.18. The van der Waals surface area contributed by atoms with E-state index in [-0.39, 0.29) is 23.2 Å². The van der Waals surface area contributed by atoms with Crippen LogP contribution in [0.25, 0.3) is 0 Å². The Bertz CT molecular complexity index is 1050. The molecule has 1 unspecified atom stereocenters. The van der Waals surface area contributed by atoms with E-state index in [0.29, 0.717) is 18.0 Å². The number of amides is 1. The molecular weight excluding hydrogens is 370 g/mol. The molecule has 0 aliphatic carbocycles. The molecule has 0 bridgehead atoms. The number of methoxy groups -OCH3 is 2. The van der Waals surface area contributed by atoms with Gasteiger partial charge in [-0.15, -0.1) is 0 Å². The minimum Gasteiger partial charge on any atom is -0.497 e. The van der Waals surface area contributed by atoms with E-state index < -0.39 is 0 Å². The first-order valence-corrected chi connectivity index (χ1v) is 9.16. The number of carbonyl (C=O) groups excluding carboxylic acids is 1. The summed E-state index contributed by atoms with van der Waals surface area (Å²) in [5.74, 6) is 0.918. The Morgan fingerprint density at radius 2 is 1.83 bits per heavy atom. The van der Waals surface area contributed by atoms with Crippen LogP contribution < -0.4 is 20.3 Å². The van der Waals surface area contributed by atoms with Crippen molar-refractivity contribution in [3.63, 3.8) is 0 Å². The number of ether oxygens (including phenoxy) is 2. The van der Waals surface area contributed by atoms with Crippen molar-refractivity contribution in [3.8, 4) is 11.5 Å². The van der Waals surface area contributed by atoms with Crippen molar-refractivity contribution in [1.29, 1.82) is 0 Å². The fraction of sp³-hybridized carbons (Fsp3) is 0.227. The SMILES string of the molecule is COc1ccc(OC)c(C(C)NC(=O)c2ccc(=O)n(Cc3ccccc3)n2)c1. The van der Waals surface area contributed by atoms with Gasteiger partial charge in [0.15, 0.2) is 0 Å². The lowest BCUT2D eigenvalue weighted by Crippen LogP contribution is -2.31. The molecule has 0 saturated heterocycles. The van der Waals surface area contributed by atoms with Gasteiger partial charge in [-0.2, -0.15) is 5.10 Å². The maximum Gasteiger partial charge on any atom is 0.272 e. The van der Waals surface area contributed by atoms with Gasteiger partial charge in [0.1, 0.15) is 17.2 Å². The molecule has 7 heteroatoms. The molecule has 1 amide bonds. The number of hydrogen-bond donors (Lipinski definition) is 1. The maximum absolute atomic E-state index is 12.7. The number of nitrogens with one attached hydrogen (secondary N) is 1. The summed E-state index contributed by atoms with van der Waals surface area (Å²) in [6.45, 7) is 2.13. The zero-order chi connectivity index (χ0) is 20.8. The lowest BCUT2D eigenvalue weighted by molar-refractivity contribution is 0.0932. The summed E-state index contributed by atoms with van der Waals surface area (Å²) in [5, 5.41) is 7.12. The summed E-state index contributed by atoms with van der Waals surface area (Å²) < 4.78 is 11.9. The largest absolute Gasteiger partial charge is 0.497 e. The smallest absolute Gasteiger partial charge is 0.272 e. The lowest BCUT2D eigenvalue weighted by Gasteiger charge is -2.18. The molecule has 2 aromatic carbocycles. The molecule has 1 N–H and O–H groups in total. The van der Waals surface area contributed by atoms with Crippen molar-refractivity contribution in [2.24, 2.45) is 0 Å². The van der Waals surface area contributed by atoms with Gasteiger partial charge in [0.05, 0.1) is 26.8 Å². The average Bonchev–Trinajstić information content (AvgIpc) is 2.75. The third-order valence-corrected chi connectivity index (χ3v) is 4.53. The Labute approximate surface area is 168 Å². The van der Waals surface area contributed by atoms with E-state index in [1.54, 1.807) is 26.4 Å². The van der Waals surface area contributed by atoms with Gasteiger partial charge in [0.25, 0.3) is 11.5 Å². The highest BCUT2D eigenvalue weighted by molar-refractivity contribution is 5.92. The fourth-order valence-electron chi connectivity index (χ4n) is 2.97. The van der Waals surface area contributed by atoms with Crippen LogP contribution in [0.4, 0.5) is 0 Å². The van der Waals surface area contributed by atoms with Crippen molar-refractivity contribution in [2.45, 2.75) is 19.5 Å². The van der Waals surface area contributed by atoms with Gasteiger partial charge in [-0.25, -0.2) is 4.68 Å². The predicted octanol–water partition coefficient (Wildman–Crippen LogP) is 2.80. The zero-order valence-electron chi connectivity index (χ0n) is 16.6. The molecule has 3 rings (SSSR count). The number of rotatable bonds is 7. The van der Waals surface area contributed by atoms with Crippen LogP contribution >= 0.6 is 0 Å². The van der Waals surface area contributed by atoms with Crippen molar-refractivity contribution >= 4 is 5.91 Å². The monoisotopic (exact) mass is 393 g/mol. The van der Waals surface area contributed by atoms with Crippen molar-refractivity contribution < 1.29 is 14.3 Å². The topological polar surface area (TPSA) is 82.5 Å². The molecular formula is C22H23N3O4. The van der Waals surface area contributed by atoms with Crippen molar-refractivity contribution in [1.82, 2.24) is 15.1 Å². The molecule has 29 heavy (non-hydrogen) atoms. The van der Waals surface area contributed by atoms with Gasteiger partial charge in [-0.05, 0) is 36.8 Å². The second-order valence-electron chi connectivity index (χ2n) is 6.50. The zero-order valence-corrected chi connectivity index (χ0v) is 16.6. The Balaban J connectivity index is 1.80. The van der Waals surface area contributed by atoms with Crippen LogP contribution in [0.1, 0.15) is 34.6 Å². The van der Waals surface area contributed by atoms with Gasteiger partial charge < -0.3 is 14.8 Å². The molecule has 0 fully saturated rings. The fourth-order valence-corrected chi connectivity index (χ4v) is 2.97. The Kier molecular flexibility index (Phi) is 6.29. The third kappa shape index (κ3) is 4.82. The number of aromatic nitrogens is 2. The predicted molar refractivity (Wildman–Crippen MR) is 109 cm³/mol. The summed E-state index contributed by atoms with van der Waals surface area (Å²) in [6, 6.07) is 17.3. The Morgan fingerprint density at radius 1 is 1.07 bits per heavy atom. The lowest BCUT2D eigenvalue weighted by atomic mass is 10.1. The minimum absolute atomic E-state index is 0.161. The Morgan fingerprint density at radius 3 is 2.52 bits per heavy atom. The number of benzene rings is 2. The van der Waals surface area contributed by atoms with E-state index in [1.165, 1.54) is 16.8 Å². The average molecular weight is 393 g/mol. The second kappa shape index (κ2) is 9.05. The van der Waals surface area contributed by atoms with Crippen LogP contribution in [0.5, 0.6) is 11.5 Å². The van der Waals surface area contributed by atoms with Crippen LogP contribution in [-0.2, 0) is 6.54 Å². The van der Waals surface area contributed by atoms with E-state index in [9.17, 15) is 9.59 Å². The summed E-state index contributed by atoms with van der Waals surface area (Å²) in [5.41, 5.74) is 1.59. The van der Waals surface area contributed by atoms with Gasteiger partial charge in [-0.1, -0.05) is 30.3 Å². The summed E-state index contributed by atoms with van der Waals surface area (Å²) in [4.78, 5) is 24.9. The Hall–Kier alpha value is -3.61. The highest BCUT2D eigenvalue weighted by atomic mass is 16.5. The summed E-state index contributed by atoms with van der Waals surface area (Å²) >= 11 is 0. The molecule has 1 atom stereocenters. The number of hydrogen-bond acceptors (Lipinski definition) is 5. The highest BCUT2D eigenvalue weighted by Crippen LogP contribution is 2.29. The molecule has 150 valence electrons.